The molecule has 3 rings (SSSR count). The Morgan fingerprint density at radius 2 is 1.59 bits per heavy atom. The molecule has 0 bridgehead atoms. The Kier molecular flexibility index (Phi) is 5.53. The second kappa shape index (κ2) is 7.85. The standard InChI is InChI=1S/C20H17NO4S2/c1-27(24,25)15-10-8-14(9-11-15)13-21-20(23)17-6-3-2-5-16(17)19(22)18-7-4-12-26-18/h2-12H,13H2,1H3,(H,21,23). The molecule has 0 aliphatic carbocycles. The summed E-state index contributed by atoms with van der Waals surface area (Å²) in [5, 5.41) is 4.59. The Balaban J connectivity index is 1.75. The highest BCUT2D eigenvalue weighted by atomic mass is 32.2. The van der Waals surface area contributed by atoms with Crippen LogP contribution in [0.15, 0.2) is 70.9 Å². The van der Waals surface area contributed by atoms with Gasteiger partial charge in [-0.05, 0) is 35.2 Å². The van der Waals surface area contributed by atoms with Gasteiger partial charge in [0.15, 0.2) is 9.84 Å². The number of hydrogen-bond acceptors (Lipinski definition) is 5. The maximum Gasteiger partial charge on any atom is 0.252 e. The number of nitrogens with one attached hydrogen (secondary N) is 1. The van der Waals surface area contributed by atoms with Crippen LogP contribution in [0, 0.1) is 0 Å². The lowest BCUT2D eigenvalue weighted by Gasteiger charge is -2.09. The normalized spacial score (nSPS) is 11.1. The molecule has 0 fully saturated rings. The first-order chi connectivity index (χ1) is 12.9. The van der Waals surface area contributed by atoms with Crippen molar-refractivity contribution in [2.45, 2.75) is 11.4 Å². The zero-order valence-electron chi connectivity index (χ0n) is 14.5. The van der Waals surface area contributed by atoms with Gasteiger partial charge in [0.1, 0.15) is 0 Å². The van der Waals surface area contributed by atoms with E-state index in [-0.39, 0.29) is 23.1 Å². The summed E-state index contributed by atoms with van der Waals surface area (Å²) in [6.45, 7) is 0.227. The topological polar surface area (TPSA) is 80.3 Å². The lowest BCUT2D eigenvalue weighted by atomic mass is 10.0. The first-order valence-corrected chi connectivity index (χ1v) is 10.9. The summed E-state index contributed by atoms with van der Waals surface area (Å²) in [7, 11) is -3.25. The van der Waals surface area contributed by atoms with E-state index in [4.69, 9.17) is 0 Å². The largest absolute Gasteiger partial charge is 0.348 e. The first kappa shape index (κ1) is 19.0. The van der Waals surface area contributed by atoms with E-state index in [1.807, 2.05) is 5.38 Å². The number of thiophene rings is 1. The van der Waals surface area contributed by atoms with Crippen molar-refractivity contribution in [2.75, 3.05) is 6.26 Å². The number of hydrogen-bond donors (Lipinski definition) is 1. The Morgan fingerprint density at radius 1 is 0.926 bits per heavy atom. The molecule has 0 atom stereocenters. The number of carbonyl (C=O) groups excluding carboxylic acids is 2. The number of sulfone groups is 1. The van der Waals surface area contributed by atoms with Crippen LogP contribution in [0.2, 0.25) is 0 Å². The number of ketones is 1. The zero-order chi connectivity index (χ0) is 19.4. The van der Waals surface area contributed by atoms with Gasteiger partial charge in [-0.15, -0.1) is 11.3 Å². The van der Waals surface area contributed by atoms with Gasteiger partial charge in [-0.2, -0.15) is 0 Å². The number of amides is 1. The van der Waals surface area contributed by atoms with Crippen molar-refractivity contribution in [1.82, 2.24) is 5.32 Å². The van der Waals surface area contributed by atoms with Crippen LogP contribution in [0.5, 0.6) is 0 Å². The molecular weight excluding hydrogens is 382 g/mol. The Hall–Kier alpha value is -2.77. The van der Waals surface area contributed by atoms with E-state index in [0.717, 1.165) is 11.8 Å². The van der Waals surface area contributed by atoms with Gasteiger partial charge in [-0.25, -0.2) is 8.42 Å². The van der Waals surface area contributed by atoms with Crippen molar-refractivity contribution >= 4 is 32.9 Å². The monoisotopic (exact) mass is 399 g/mol. The lowest BCUT2D eigenvalue weighted by molar-refractivity contribution is 0.0940. The Bertz CT molecular complexity index is 1070. The molecule has 1 aromatic heterocycles. The van der Waals surface area contributed by atoms with Gasteiger partial charge in [-0.3, -0.25) is 9.59 Å². The molecule has 0 aliphatic rings. The van der Waals surface area contributed by atoms with Crippen molar-refractivity contribution in [2.24, 2.45) is 0 Å². The third-order valence-electron chi connectivity index (χ3n) is 3.97. The van der Waals surface area contributed by atoms with Crippen LogP contribution in [-0.2, 0) is 16.4 Å². The maximum absolute atomic E-state index is 12.6. The summed E-state index contributed by atoms with van der Waals surface area (Å²) in [6.07, 6.45) is 1.14. The van der Waals surface area contributed by atoms with E-state index < -0.39 is 9.84 Å². The summed E-state index contributed by atoms with van der Waals surface area (Å²) in [5.74, 6) is -0.545. The Labute approximate surface area is 161 Å². The molecule has 138 valence electrons. The van der Waals surface area contributed by atoms with Crippen molar-refractivity contribution in [3.8, 4) is 0 Å². The fourth-order valence-electron chi connectivity index (χ4n) is 2.55. The second-order valence-electron chi connectivity index (χ2n) is 5.95. The van der Waals surface area contributed by atoms with Gasteiger partial charge >= 0.3 is 0 Å². The molecule has 7 heteroatoms. The second-order valence-corrected chi connectivity index (χ2v) is 8.91. The maximum atomic E-state index is 12.6. The summed E-state index contributed by atoms with van der Waals surface area (Å²) < 4.78 is 23.0. The Morgan fingerprint density at radius 3 is 2.19 bits per heavy atom. The van der Waals surface area contributed by atoms with Crippen LogP contribution < -0.4 is 5.32 Å². The van der Waals surface area contributed by atoms with Gasteiger partial charge in [0, 0.05) is 18.4 Å². The number of rotatable bonds is 6. The third kappa shape index (κ3) is 4.50. The molecule has 2 aromatic carbocycles. The van der Waals surface area contributed by atoms with E-state index in [9.17, 15) is 18.0 Å². The highest BCUT2D eigenvalue weighted by Crippen LogP contribution is 2.18. The van der Waals surface area contributed by atoms with Gasteiger partial charge in [0.2, 0.25) is 5.78 Å². The van der Waals surface area contributed by atoms with E-state index in [2.05, 4.69) is 5.32 Å². The molecule has 0 unspecified atom stereocenters. The molecule has 0 saturated heterocycles. The fraction of sp³-hybridized carbons (Fsp3) is 0.100. The average molecular weight is 399 g/mol. The van der Waals surface area contributed by atoms with Crippen LogP contribution >= 0.6 is 11.3 Å². The van der Waals surface area contributed by atoms with Crippen molar-refractivity contribution in [3.63, 3.8) is 0 Å². The van der Waals surface area contributed by atoms with Crippen LogP contribution in [0.25, 0.3) is 0 Å². The van der Waals surface area contributed by atoms with E-state index >= 15 is 0 Å². The molecule has 1 heterocycles. The summed E-state index contributed by atoms with van der Waals surface area (Å²) in [6, 6.07) is 16.5. The van der Waals surface area contributed by atoms with Crippen LogP contribution in [0.3, 0.4) is 0 Å². The van der Waals surface area contributed by atoms with Gasteiger partial charge in [-0.1, -0.05) is 36.4 Å². The van der Waals surface area contributed by atoms with E-state index in [1.54, 1.807) is 48.5 Å². The molecule has 0 spiro atoms. The van der Waals surface area contributed by atoms with Crippen LogP contribution in [-0.4, -0.2) is 26.4 Å². The quantitative estimate of drug-likeness (QED) is 0.645. The van der Waals surface area contributed by atoms with Gasteiger partial charge in [0.05, 0.1) is 15.3 Å². The summed E-state index contributed by atoms with van der Waals surface area (Å²) >= 11 is 1.33. The average Bonchev–Trinajstić information content (AvgIpc) is 3.20. The van der Waals surface area contributed by atoms with E-state index in [1.165, 1.54) is 23.5 Å². The molecule has 0 saturated carbocycles. The van der Waals surface area contributed by atoms with Gasteiger partial charge in [0.25, 0.3) is 5.91 Å². The lowest BCUT2D eigenvalue weighted by Crippen LogP contribution is -2.25. The minimum Gasteiger partial charge on any atom is -0.348 e. The molecular formula is C20H17NO4S2. The molecule has 0 aliphatic heterocycles. The van der Waals surface area contributed by atoms with Crippen LogP contribution in [0.4, 0.5) is 0 Å². The molecule has 1 amide bonds. The highest BCUT2D eigenvalue weighted by Gasteiger charge is 2.18. The fourth-order valence-corrected chi connectivity index (χ4v) is 3.86. The van der Waals surface area contributed by atoms with Gasteiger partial charge < -0.3 is 5.32 Å². The minimum absolute atomic E-state index is 0.187. The predicted molar refractivity (Wildman–Crippen MR) is 105 cm³/mol. The molecule has 1 N–H and O–H groups in total. The first-order valence-electron chi connectivity index (χ1n) is 8.10. The van der Waals surface area contributed by atoms with E-state index in [0.29, 0.717) is 16.0 Å². The number of benzene rings is 2. The van der Waals surface area contributed by atoms with Crippen molar-refractivity contribution < 1.29 is 18.0 Å². The van der Waals surface area contributed by atoms with Crippen molar-refractivity contribution in [3.05, 3.63) is 87.6 Å². The molecule has 3 aromatic rings. The number of carbonyl (C=O) groups is 2. The smallest absolute Gasteiger partial charge is 0.252 e. The zero-order valence-corrected chi connectivity index (χ0v) is 16.1. The SMILES string of the molecule is CS(=O)(=O)c1ccc(CNC(=O)c2ccccc2C(=O)c2cccs2)cc1. The highest BCUT2D eigenvalue weighted by molar-refractivity contribution is 7.90. The summed E-state index contributed by atoms with van der Waals surface area (Å²) in [5.41, 5.74) is 1.42. The molecule has 27 heavy (non-hydrogen) atoms. The van der Waals surface area contributed by atoms with Crippen molar-refractivity contribution in [1.29, 1.82) is 0 Å². The predicted octanol–water partition coefficient (Wildman–Crippen LogP) is 3.31. The molecule has 5 nitrogen and oxygen atoms in total. The minimum atomic E-state index is -3.25. The van der Waals surface area contributed by atoms with Crippen LogP contribution in [0.1, 0.15) is 31.2 Å². The molecule has 0 radical (unpaired) electrons. The third-order valence-corrected chi connectivity index (χ3v) is 5.96. The summed E-state index contributed by atoms with van der Waals surface area (Å²) in [4.78, 5) is 26.0.